The zero-order chi connectivity index (χ0) is 18.9. The molecule has 1 N–H and O–H groups in total. The van der Waals surface area contributed by atoms with Gasteiger partial charge in [-0.2, -0.15) is 28.8 Å². The predicted molar refractivity (Wildman–Crippen MR) is 97.9 cm³/mol. The third kappa shape index (κ3) is 4.00. The van der Waals surface area contributed by atoms with Crippen molar-refractivity contribution >= 4 is 27.9 Å². The minimum absolute atomic E-state index is 0.264. The van der Waals surface area contributed by atoms with E-state index in [2.05, 4.69) is 16.3 Å². The van der Waals surface area contributed by atoms with Gasteiger partial charge >= 0.3 is 6.18 Å². The average molecular weight is 383 g/mol. The highest BCUT2D eigenvalue weighted by molar-refractivity contribution is 8.13. The van der Waals surface area contributed by atoms with E-state index in [0.29, 0.717) is 12.2 Å². The zero-order valence-electron chi connectivity index (χ0n) is 14.3. The van der Waals surface area contributed by atoms with Gasteiger partial charge in [0, 0.05) is 17.1 Å². The van der Waals surface area contributed by atoms with E-state index in [0.717, 1.165) is 30.4 Å². The lowest BCUT2D eigenvalue weighted by Gasteiger charge is -2.25. The first kappa shape index (κ1) is 18.7. The zero-order valence-corrected chi connectivity index (χ0v) is 15.2. The first-order chi connectivity index (χ1) is 12.3. The Balaban J connectivity index is 1.90. The van der Waals surface area contributed by atoms with Crippen LogP contribution in [0.15, 0.2) is 35.4 Å². The maximum Gasteiger partial charge on any atom is 0.420 e. The predicted octanol–water partition coefficient (Wildman–Crippen LogP) is 4.64. The van der Waals surface area contributed by atoms with Crippen LogP contribution in [0.2, 0.25) is 0 Å². The van der Waals surface area contributed by atoms with E-state index in [9.17, 15) is 18.0 Å². The number of hydrogen-bond acceptors (Lipinski definition) is 2. The van der Waals surface area contributed by atoms with Gasteiger partial charge in [0.1, 0.15) is 11.3 Å². The summed E-state index contributed by atoms with van der Waals surface area (Å²) < 4.78 is 41.2. The highest BCUT2D eigenvalue weighted by atomic mass is 32.2. The second-order valence-corrected chi connectivity index (χ2v) is 8.25. The molecule has 0 radical (unpaired) electrons. The van der Waals surface area contributed by atoms with E-state index in [1.54, 1.807) is 18.2 Å². The standard InChI is InChI=1S/C18H20F3N3OS/c1-26(2)14-8-4-7-13(9-14)23-17(25)16-15(18(19,20)21)10-22-24(16)11-12-5-3-6-12/h4,7-10,12H,1,3,5-6,11H2,2H3,(H,23,25). The molecule has 3 rings (SSSR count). The van der Waals surface area contributed by atoms with Gasteiger partial charge in [-0.25, -0.2) is 0 Å². The van der Waals surface area contributed by atoms with Crippen molar-refractivity contribution in [1.82, 2.24) is 9.78 Å². The van der Waals surface area contributed by atoms with Crippen molar-refractivity contribution in [3.8, 4) is 0 Å². The Morgan fingerprint density at radius 2 is 2.15 bits per heavy atom. The van der Waals surface area contributed by atoms with E-state index in [-0.39, 0.29) is 16.4 Å². The van der Waals surface area contributed by atoms with Crippen LogP contribution >= 0.6 is 10.5 Å². The molecular weight excluding hydrogens is 363 g/mol. The summed E-state index contributed by atoms with van der Waals surface area (Å²) in [6.07, 6.45) is 1.01. The molecule has 0 bridgehead atoms. The van der Waals surface area contributed by atoms with Crippen LogP contribution in [-0.2, 0) is 12.7 Å². The number of nitrogens with zero attached hydrogens (tertiary/aromatic N) is 2. The molecule has 1 aliphatic carbocycles. The molecule has 0 saturated heterocycles. The minimum atomic E-state index is -4.63. The van der Waals surface area contributed by atoms with Crippen LogP contribution in [0.25, 0.3) is 0 Å². The Bertz CT molecular complexity index is 840. The molecule has 1 heterocycles. The number of anilines is 1. The molecule has 0 spiro atoms. The van der Waals surface area contributed by atoms with E-state index in [1.165, 1.54) is 4.68 Å². The fourth-order valence-electron chi connectivity index (χ4n) is 2.87. The first-order valence-electron chi connectivity index (χ1n) is 8.25. The maximum absolute atomic E-state index is 13.3. The summed E-state index contributed by atoms with van der Waals surface area (Å²) in [4.78, 5) is 13.6. The van der Waals surface area contributed by atoms with Gasteiger partial charge in [-0.15, -0.1) is 0 Å². The lowest BCUT2D eigenvalue weighted by atomic mass is 9.85. The molecule has 1 atom stereocenters. The van der Waals surface area contributed by atoms with Crippen LogP contribution in [0.5, 0.6) is 0 Å². The van der Waals surface area contributed by atoms with Crippen LogP contribution < -0.4 is 5.32 Å². The second-order valence-electron chi connectivity index (χ2n) is 6.50. The largest absolute Gasteiger partial charge is 0.420 e. The van der Waals surface area contributed by atoms with Gasteiger partial charge in [-0.1, -0.05) is 18.4 Å². The van der Waals surface area contributed by atoms with Crippen molar-refractivity contribution < 1.29 is 18.0 Å². The smallest absolute Gasteiger partial charge is 0.321 e. The lowest BCUT2D eigenvalue weighted by molar-refractivity contribution is -0.138. The number of hydrogen-bond donors (Lipinski definition) is 1. The number of halogens is 3. The summed E-state index contributed by atoms with van der Waals surface area (Å²) in [6.45, 7) is 0.330. The SMILES string of the molecule is C=S(C)c1cccc(NC(=O)c2c(C(F)(F)F)cnn2CC2CCC2)c1. The van der Waals surface area contributed by atoms with Crippen LogP contribution in [-0.4, -0.2) is 27.8 Å². The lowest BCUT2D eigenvalue weighted by Crippen LogP contribution is -2.26. The summed E-state index contributed by atoms with van der Waals surface area (Å²) in [6, 6.07) is 6.99. The van der Waals surface area contributed by atoms with Crippen LogP contribution in [0.4, 0.5) is 18.9 Å². The number of alkyl halides is 3. The van der Waals surface area contributed by atoms with E-state index < -0.39 is 23.3 Å². The molecule has 1 aromatic heterocycles. The summed E-state index contributed by atoms with van der Waals surface area (Å²) in [5.74, 6) is 3.42. The molecule has 1 fully saturated rings. The fourth-order valence-corrected chi connectivity index (χ4v) is 3.51. The first-order valence-corrected chi connectivity index (χ1v) is 10.1. The van der Waals surface area contributed by atoms with Crippen molar-refractivity contribution in [3.63, 3.8) is 0 Å². The molecule has 2 aromatic rings. The van der Waals surface area contributed by atoms with Crippen LogP contribution in [0.1, 0.15) is 35.3 Å². The van der Waals surface area contributed by atoms with Crippen molar-refractivity contribution in [2.24, 2.45) is 5.92 Å². The molecule has 0 aliphatic heterocycles. The van der Waals surface area contributed by atoms with Crippen molar-refractivity contribution in [1.29, 1.82) is 0 Å². The van der Waals surface area contributed by atoms with Gasteiger partial charge in [0.25, 0.3) is 5.91 Å². The van der Waals surface area contributed by atoms with Crippen molar-refractivity contribution in [2.75, 3.05) is 11.6 Å². The third-order valence-electron chi connectivity index (χ3n) is 4.51. The number of carbonyl (C=O) groups excluding carboxylic acids is 1. The molecule has 1 amide bonds. The fraction of sp³-hybridized carbons (Fsp3) is 0.389. The number of nitrogens with one attached hydrogen (secondary N) is 1. The van der Waals surface area contributed by atoms with Crippen LogP contribution in [0, 0.1) is 5.92 Å². The van der Waals surface area contributed by atoms with E-state index in [1.807, 2.05) is 12.3 Å². The van der Waals surface area contributed by atoms with Gasteiger partial charge in [0.15, 0.2) is 0 Å². The number of amides is 1. The Labute approximate surface area is 152 Å². The van der Waals surface area contributed by atoms with Gasteiger partial charge in [-0.05, 0) is 43.2 Å². The highest BCUT2D eigenvalue weighted by Crippen LogP contribution is 2.34. The number of benzene rings is 1. The second kappa shape index (κ2) is 7.26. The van der Waals surface area contributed by atoms with Gasteiger partial charge < -0.3 is 5.32 Å². The molecule has 26 heavy (non-hydrogen) atoms. The Morgan fingerprint density at radius 1 is 1.42 bits per heavy atom. The molecule has 1 aliphatic rings. The topological polar surface area (TPSA) is 46.9 Å². The number of rotatable bonds is 5. The Hall–Kier alpha value is -2.09. The molecule has 8 heteroatoms. The molecule has 1 unspecified atom stereocenters. The molecule has 1 aromatic carbocycles. The number of carbonyl (C=O) groups is 1. The summed E-state index contributed by atoms with van der Waals surface area (Å²) >= 11 is 0. The molecular formula is C18H20F3N3OS. The van der Waals surface area contributed by atoms with E-state index >= 15 is 0 Å². The monoisotopic (exact) mass is 383 g/mol. The van der Waals surface area contributed by atoms with Crippen molar-refractivity contribution in [3.05, 3.63) is 41.7 Å². The Morgan fingerprint density at radius 3 is 2.73 bits per heavy atom. The van der Waals surface area contributed by atoms with Crippen molar-refractivity contribution in [2.45, 2.75) is 36.9 Å². The molecule has 4 nitrogen and oxygen atoms in total. The average Bonchev–Trinajstić information content (AvgIpc) is 2.95. The molecule has 1 saturated carbocycles. The Kier molecular flexibility index (Phi) is 5.22. The maximum atomic E-state index is 13.3. The molecule has 140 valence electrons. The summed E-state index contributed by atoms with van der Waals surface area (Å²) in [5.41, 5.74) is -0.988. The number of aromatic nitrogens is 2. The van der Waals surface area contributed by atoms with E-state index in [4.69, 9.17) is 0 Å². The summed E-state index contributed by atoms with van der Waals surface area (Å²) in [7, 11) is -0.264. The minimum Gasteiger partial charge on any atom is -0.321 e. The van der Waals surface area contributed by atoms with Gasteiger partial charge in [-0.3, -0.25) is 9.48 Å². The normalized spacial score (nSPS) is 16.2. The van der Waals surface area contributed by atoms with Crippen LogP contribution in [0.3, 0.4) is 0 Å². The third-order valence-corrected chi connectivity index (χ3v) is 5.57. The van der Waals surface area contributed by atoms with Gasteiger partial charge in [0.05, 0.1) is 6.20 Å². The quantitative estimate of drug-likeness (QED) is 0.765. The van der Waals surface area contributed by atoms with Gasteiger partial charge in [0.2, 0.25) is 0 Å². The summed E-state index contributed by atoms with van der Waals surface area (Å²) in [5, 5.41) is 6.42. The highest BCUT2D eigenvalue weighted by Gasteiger charge is 2.39.